The van der Waals surface area contributed by atoms with E-state index in [2.05, 4.69) is 19.2 Å². The van der Waals surface area contributed by atoms with E-state index in [4.69, 9.17) is 10.5 Å². The predicted molar refractivity (Wildman–Crippen MR) is 60.0 cm³/mol. The molecule has 0 amide bonds. The van der Waals surface area contributed by atoms with Crippen LogP contribution in [-0.4, -0.2) is 12.9 Å². The van der Waals surface area contributed by atoms with Crippen molar-refractivity contribution in [1.29, 1.82) is 0 Å². The van der Waals surface area contributed by atoms with Gasteiger partial charge in [-0.15, -0.1) is 11.8 Å². The van der Waals surface area contributed by atoms with E-state index in [-0.39, 0.29) is 6.04 Å². The number of rotatable bonds is 1. The Hall–Kier alpha value is -0.670. The minimum Gasteiger partial charge on any atom is -0.493 e. The van der Waals surface area contributed by atoms with Crippen LogP contribution < -0.4 is 10.5 Å². The van der Waals surface area contributed by atoms with E-state index in [1.165, 1.54) is 16.0 Å². The summed E-state index contributed by atoms with van der Waals surface area (Å²) in [5, 5.41) is 0. The lowest BCUT2D eigenvalue weighted by atomic mass is 9.97. The highest BCUT2D eigenvalue weighted by molar-refractivity contribution is 7.98. The third-order valence-electron chi connectivity index (χ3n) is 2.70. The Kier molecular flexibility index (Phi) is 2.70. The standard InChI is InChI=1S/C11H15NOS/c1-7-10(14-2)4-3-9-11(7)8(12)5-6-13-9/h3-4,8H,5-6,12H2,1-2H3/t8-/m1/s1. The maximum Gasteiger partial charge on any atom is 0.124 e. The molecule has 1 aromatic rings. The van der Waals surface area contributed by atoms with E-state index < -0.39 is 0 Å². The van der Waals surface area contributed by atoms with Crippen molar-refractivity contribution in [2.75, 3.05) is 12.9 Å². The molecule has 14 heavy (non-hydrogen) atoms. The molecule has 0 fully saturated rings. The smallest absolute Gasteiger partial charge is 0.124 e. The van der Waals surface area contributed by atoms with Crippen molar-refractivity contribution in [1.82, 2.24) is 0 Å². The summed E-state index contributed by atoms with van der Waals surface area (Å²) < 4.78 is 5.58. The summed E-state index contributed by atoms with van der Waals surface area (Å²) >= 11 is 1.76. The van der Waals surface area contributed by atoms with Gasteiger partial charge >= 0.3 is 0 Å². The summed E-state index contributed by atoms with van der Waals surface area (Å²) in [6.07, 6.45) is 3.01. The van der Waals surface area contributed by atoms with Crippen LogP contribution in [0.1, 0.15) is 23.6 Å². The van der Waals surface area contributed by atoms with Crippen molar-refractivity contribution in [2.24, 2.45) is 5.73 Å². The van der Waals surface area contributed by atoms with Gasteiger partial charge in [0.25, 0.3) is 0 Å². The van der Waals surface area contributed by atoms with Crippen LogP contribution >= 0.6 is 11.8 Å². The second-order valence-electron chi connectivity index (χ2n) is 3.55. The molecular formula is C11H15NOS. The van der Waals surface area contributed by atoms with Crippen LogP contribution in [0, 0.1) is 6.92 Å². The fourth-order valence-electron chi connectivity index (χ4n) is 1.93. The molecule has 0 unspecified atom stereocenters. The molecule has 1 atom stereocenters. The molecule has 0 aromatic heterocycles. The fraction of sp³-hybridized carbons (Fsp3) is 0.455. The summed E-state index contributed by atoms with van der Waals surface area (Å²) in [7, 11) is 0. The van der Waals surface area contributed by atoms with E-state index in [0.717, 1.165) is 18.8 Å². The molecule has 0 saturated carbocycles. The Bertz CT molecular complexity index is 351. The maximum atomic E-state index is 6.08. The molecule has 3 heteroatoms. The Morgan fingerprint density at radius 2 is 2.29 bits per heavy atom. The van der Waals surface area contributed by atoms with Crippen molar-refractivity contribution in [2.45, 2.75) is 24.3 Å². The third kappa shape index (κ3) is 1.51. The van der Waals surface area contributed by atoms with E-state index in [1.54, 1.807) is 11.8 Å². The van der Waals surface area contributed by atoms with Crippen molar-refractivity contribution in [3.63, 3.8) is 0 Å². The molecule has 1 aliphatic rings. The number of ether oxygens (including phenoxy) is 1. The molecule has 0 bridgehead atoms. The number of fused-ring (bicyclic) bond motifs is 1. The number of benzene rings is 1. The van der Waals surface area contributed by atoms with Gasteiger partial charge < -0.3 is 10.5 Å². The largest absolute Gasteiger partial charge is 0.493 e. The number of thioether (sulfide) groups is 1. The van der Waals surface area contributed by atoms with Crippen LogP contribution in [0.5, 0.6) is 5.75 Å². The van der Waals surface area contributed by atoms with Gasteiger partial charge in [0, 0.05) is 22.9 Å². The van der Waals surface area contributed by atoms with E-state index in [9.17, 15) is 0 Å². The summed E-state index contributed by atoms with van der Waals surface area (Å²) in [5.41, 5.74) is 8.56. The highest BCUT2D eigenvalue weighted by atomic mass is 32.2. The number of hydrogen-bond donors (Lipinski definition) is 1. The fourth-order valence-corrected chi connectivity index (χ4v) is 2.55. The quantitative estimate of drug-likeness (QED) is 0.722. The molecule has 0 aliphatic carbocycles. The zero-order valence-electron chi connectivity index (χ0n) is 8.54. The van der Waals surface area contributed by atoms with Crippen LogP contribution in [-0.2, 0) is 0 Å². The van der Waals surface area contributed by atoms with Crippen LogP contribution in [0.25, 0.3) is 0 Å². The van der Waals surface area contributed by atoms with E-state index in [0.29, 0.717) is 0 Å². The lowest BCUT2D eigenvalue weighted by molar-refractivity contribution is 0.268. The highest BCUT2D eigenvalue weighted by Crippen LogP contribution is 2.37. The van der Waals surface area contributed by atoms with Crippen LogP contribution in [0.15, 0.2) is 17.0 Å². The van der Waals surface area contributed by atoms with Gasteiger partial charge in [-0.2, -0.15) is 0 Å². The summed E-state index contributed by atoms with van der Waals surface area (Å²) in [6.45, 7) is 2.87. The van der Waals surface area contributed by atoms with Crippen molar-refractivity contribution < 1.29 is 4.74 Å². The number of hydrogen-bond acceptors (Lipinski definition) is 3. The lowest BCUT2D eigenvalue weighted by Gasteiger charge is -2.25. The second kappa shape index (κ2) is 3.83. The first kappa shape index (κ1) is 9.87. The average molecular weight is 209 g/mol. The summed E-state index contributed by atoms with van der Waals surface area (Å²) in [4.78, 5) is 1.30. The second-order valence-corrected chi connectivity index (χ2v) is 4.40. The topological polar surface area (TPSA) is 35.2 Å². The predicted octanol–water partition coefficient (Wildman–Crippen LogP) is 2.50. The summed E-state index contributed by atoms with van der Waals surface area (Å²) in [5.74, 6) is 0.971. The normalized spacial score (nSPS) is 20.1. The van der Waals surface area contributed by atoms with Crippen molar-refractivity contribution in [3.8, 4) is 5.75 Å². The van der Waals surface area contributed by atoms with Gasteiger partial charge in [-0.05, 0) is 30.9 Å². The minimum absolute atomic E-state index is 0.144. The molecule has 0 radical (unpaired) electrons. The van der Waals surface area contributed by atoms with Crippen LogP contribution in [0.2, 0.25) is 0 Å². The third-order valence-corrected chi connectivity index (χ3v) is 3.58. The molecule has 76 valence electrons. The molecule has 1 aromatic carbocycles. The Morgan fingerprint density at radius 3 is 3.00 bits per heavy atom. The first-order valence-electron chi connectivity index (χ1n) is 4.80. The lowest BCUT2D eigenvalue weighted by Crippen LogP contribution is -2.21. The average Bonchev–Trinajstić information content (AvgIpc) is 2.18. The van der Waals surface area contributed by atoms with Crippen molar-refractivity contribution in [3.05, 3.63) is 23.3 Å². The van der Waals surface area contributed by atoms with Crippen LogP contribution in [0.4, 0.5) is 0 Å². The first-order chi connectivity index (χ1) is 6.74. The van der Waals surface area contributed by atoms with Gasteiger partial charge in [0.2, 0.25) is 0 Å². The SMILES string of the molecule is CSc1ccc2c(c1C)[C@H](N)CCO2. The molecule has 2 rings (SSSR count). The molecule has 1 heterocycles. The van der Waals surface area contributed by atoms with Gasteiger partial charge in [0.15, 0.2) is 0 Å². The van der Waals surface area contributed by atoms with E-state index >= 15 is 0 Å². The maximum absolute atomic E-state index is 6.08. The monoisotopic (exact) mass is 209 g/mol. The van der Waals surface area contributed by atoms with Crippen molar-refractivity contribution >= 4 is 11.8 Å². The molecule has 0 spiro atoms. The first-order valence-corrected chi connectivity index (χ1v) is 6.02. The molecular weight excluding hydrogens is 194 g/mol. The molecule has 2 N–H and O–H groups in total. The van der Waals surface area contributed by atoms with Gasteiger partial charge in [0.1, 0.15) is 5.75 Å². The van der Waals surface area contributed by atoms with E-state index in [1.807, 2.05) is 6.07 Å². The Morgan fingerprint density at radius 1 is 1.50 bits per heavy atom. The molecule has 2 nitrogen and oxygen atoms in total. The Labute approximate surface area is 88.8 Å². The Balaban J connectivity index is 2.54. The molecule has 1 aliphatic heterocycles. The van der Waals surface area contributed by atoms with Gasteiger partial charge in [-0.1, -0.05) is 0 Å². The molecule has 0 saturated heterocycles. The van der Waals surface area contributed by atoms with Crippen LogP contribution in [0.3, 0.4) is 0 Å². The van der Waals surface area contributed by atoms with Gasteiger partial charge in [0.05, 0.1) is 6.61 Å². The van der Waals surface area contributed by atoms with Gasteiger partial charge in [-0.3, -0.25) is 0 Å². The zero-order chi connectivity index (χ0) is 10.1. The zero-order valence-corrected chi connectivity index (χ0v) is 9.36. The number of nitrogens with two attached hydrogens (primary N) is 1. The highest BCUT2D eigenvalue weighted by Gasteiger charge is 2.21. The minimum atomic E-state index is 0.144. The summed E-state index contributed by atoms with van der Waals surface area (Å²) in [6, 6.07) is 4.29. The van der Waals surface area contributed by atoms with Gasteiger partial charge in [-0.25, -0.2) is 0 Å².